The third-order valence-corrected chi connectivity index (χ3v) is 6.70. The maximum atomic E-state index is 12.4. The molecule has 2 fully saturated rings. The molecule has 2 aliphatic carbocycles. The van der Waals surface area contributed by atoms with E-state index < -0.39 is 0 Å². The van der Waals surface area contributed by atoms with Crippen molar-refractivity contribution < 1.29 is 4.79 Å². The minimum Gasteiger partial charge on any atom is -0.352 e. The molecule has 138 valence electrons. The van der Waals surface area contributed by atoms with Gasteiger partial charge in [0, 0.05) is 19.0 Å². The van der Waals surface area contributed by atoms with E-state index in [4.69, 9.17) is 0 Å². The highest BCUT2D eigenvalue weighted by molar-refractivity contribution is 7.99. The number of nitrogens with one attached hydrogen (secondary N) is 1. The van der Waals surface area contributed by atoms with Crippen LogP contribution in [0.4, 0.5) is 0 Å². The number of thioether (sulfide) groups is 1. The van der Waals surface area contributed by atoms with Gasteiger partial charge in [0.15, 0.2) is 5.16 Å². The minimum atomic E-state index is 0.128. The van der Waals surface area contributed by atoms with Crippen LogP contribution in [0, 0.1) is 11.8 Å². The first kappa shape index (κ1) is 17.6. The van der Waals surface area contributed by atoms with E-state index in [-0.39, 0.29) is 5.91 Å². The van der Waals surface area contributed by atoms with Crippen LogP contribution in [-0.2, 0) is 17.8 Å². The van der Waals surface area contributed by atoms with E-state index in [1.54, 1.807) is 0 Å². The molecule has 1 heterocycles. The third kappa shape index (κ3) is 3.80. The van der Waals surface area contributed by atoms with E-state index in [1.807, 2.05) is 18.2 Å². The van der Waals surface area contributed by atoms with Gasteiger partial charge in [0.25, 0.3) is 0 Å². The maximum Gasteiger partial charge on any atom is 0.230 e. The highest BCUT2D eigenvalue weighted by atomic mass is 32.2. The van der Waals surface area contributed by atoms with Crippen molar-refractivity contribution >= 4 is 17.7 Å². The summed E-state index contributed by atoms with van der Waals surface area (Å²) >= 11 is 1.49. The standard InChI is InChI=1S/C20H26N4OS/c1-2-24-18(12-14-6-4-3-5-7-14)22-23-20(24)26-13-19(25)21-17-11-15-8-9-16(17)10-15/h3-7,15-17H,2,8-13H2,1H3,(H,21,25)/t15-,16-,17+/m1/s1. The van der Waals surface area contributed by atoms with Crippen LogP contribution in [0.15, 0.2) is 35.5 Å². The summed E-state index contributed by atoms with van der Waals surface area (Å²) in [5.41, 5.74) is 1.22. The van der Waals surface area contributed by atoms with E-state index in [1.165, 1.54) is 43.0 Å². The topological polar surface area (TPSA) is 59.8 Å². The molecule has 0 radical (unpaired) electrons. The van der Waals surface area contributed by atoms with E-state index in [9.17, 15) is 4.79 Å². The van der Waals surface area contributed by atoms with Crippen LogP contribution in [-0.4, -0.2) is 32.5 Å². The van der Waals surface area contributed by atoms with Crippen molar-refractivity contribution in [3.8, 4) is 0 Å². The molecular weight excluding hydrogens is 344 g/mol. The fourth-order valence-electron chi connectivity index (χ4n) is 4.45. The predicted octanol–water partition coefficient (Wildman–Crippen LogP) is 3.29. The van der Waals surface area contributed by atoms with Gasteiger partial charge in [-0.1, -0.05) is 48.5 Å². The average molecular weight is 371 g/mol. The number of hydrogen-bond acceptors (Lipinski definition) is 4. The second-order valence-electron chi connectivity index (χ2n) is 7.44. The first-order valence-electron chi connectivity index (χ1n) is 9.61. The lowest BCUT2D eigenvalue weighted by atomic mass is 9.95. The van der Waals surface area contributed by atoms with Crippen molar-refractivity contribution in [1.82, 2.24) is 20.1 Å². The summed E-state index contributed by atoms with van der Waals surface area (Å²) < 4.78 is 2.11. The molecule has 2 aliphatic rings. The molecule has 26 heavy (non-hydrogen) atoms. The highest BCUT2D eigenvalue weighted by Gasteiger charge is 2.40. The molecule has 3 atom stereocenters. The van der Waals surface area contributed by atoms with Gasteiger partial charge in [-0.15, -0.1) is 10.2 Å². The Kier molecular flexibility index (Phi) is 5.29. The van der Waals surface area contributed by atoms with Crippen LogP contribution in [0.2, 0.25) is 0 Å². The Bertz CT molecular complexity index is 760. The molecule has 1 amide bonds. The predicted molar refractivity (Wildman–Crippen MR) is 103 cm³/mol. The highest BCUT2D eigenvalue weighted by Crippen LogP contribution is 2.44. The van der Waals surface area contributed by atoms with Crippen LogP contribution in [0.1, 0.15) is 44.0 Å². The van der Waals surface area contributed by atoms with Gasteiger partial charge in [0.05, 0.1) is 5.75 Å². The van der Waals surface area contributed by atoms with E-state index in [2.05, 4.69) is 39.1 Å². The summed E-state index contributed by atoms with van der Waals surface area (Å²) in [5, 5.41) is 12.8. The smallest absolute Gasteiger partial charge is 0.230 e. The van der Waals surface area contributed by atoms with Crippen molar-refractivity contribution in [3.63, 3.8) is 0 Å². The van der Waals surface area contributed by atoms with Crippen LogP contribution in [0.3, 0.4) is 0 Å². The first-order chi connectivity index (χ1) is 12.7. The van der Waals surface area contributed by atoms with Crippen molar-refractivity contribution in [1.29, 1.82) is 0 Å². The molecule has 1 N–H and O–H groups in total. The monoisotopic (exact) mass is 370 g/mol. The SMILES string of the molecule is CCn1c(Cc2ccccc2)nnc1SCC(=O)N[C@H]1C[C@@H]2CC[C@@H]1C2. The lowest BCUT2D eigenvalue weighted by Gasteiger charge is -2.22. The Hall–Kier alpha value is -1.82. The molecule has 4 rings (SSSR count). The average Bonchev–Trinajstić information content (AvgIpc) is 3.36. The molecule has 5 nitrogen and oxygen atoms in total. The fourth-order valence-corrected chi connectivity index (χ4v) is 5.29. The summed E-state index contributed by atoms with van der Waals surface area (Å²) in [7, 11) is 0. The number of rotatable bonds is 7. The second-order valence-corrected chi connectivity index (χ2v) is 8.39. The largest absolute Gasteiger partial charge is 0.352 e. The van der Waals surface area contributed by atoms with Crippen molar-refractivity contribution in [2.24, 2.45) is 11.8 Å². The van der Waals surface area contributed by atoms with E-state index in [0.29, 0.717) is 17.7 Å². The summed E-state index contributed by atoms with van der Waals surface area (Å²) in [4.78, 5) is 12.4. The number of carbonyl (C=O) groups excluding carboxylic acids is 1. The number of carbonyl (C=O) groups is 1. The Balaban J connectivity index is 1.33. The number of nitrogens with zero attached hydrogens (tertiary/aromatic N) is 3. The molecule has 6 heteroatoms. The molecular formula is C20H26N4OS. The summed E-state index contributed by atoms with van der Waals surface area (Å²) in [6.45, 7) is 2.91. The molecule has 2 saturated carbocycles. The lowest BCUT2D eigenvalue weighted by molar-refractivity contribution is -0.119. The van der Waals surface area contributed by atoms with Crippen LogP contribution < -0.4 is 5.32 Å². The van der Waals surface area contributed by atoms with Gasteiger partial charge < -0.3 is 9.88 Å². The van der Waals surface area contributed by atoms with E-state index in [0.717, 1.165) is 29.9 Å². The third-order valence-electron chi connectivity index (χ3n) is 5.73. The molecule has 2 bridgehead atoms. The summed E-state index contributed by atoms with van der Waals surface area (Å²) in [5.74, 6) is 3.06. The molecule has 1 aromatic carbocycles. The van der Waals surface area contributed by atoms with Gasteiger partial charge in [0.2, 0.25) is 5.91 Å². The summed E-state index contributed by atoms with van der Waals surface area (Å²) in [6, 6.07) is 10.7. The zero-order valence-corrected chi connectivity index (χ0v) is 16.0. The van der Waals surface area contributed by atoms with Crippen molar-refractivity contribution in [2.75, 3.05) is 5.75 Å². The molecule has 0 unspecified atom stereocenters. The van der Waals surface area contributed by atoms with Gasteiger partial charge >= 0.3 is 0 Å². The Morgan fingerprint density at radius 1 is 1.23 bits per heavy atom. The second kappa shape index (κ2) is 7.82. The van der Waals surface area contributed by atoms with Gasteiger partial charge in [0.1, 0.15) is 5.82 Å². The van der Waals surface area contributed by atoms with Gasteiger partial charge in [-0.3, -0.25) is 4.79 Å². The molecule has 0 aliphatic heterocycles. The van der Waals surface area contributed by atoms with Gasteiger partial charge in [-0.2, -0.15) is 0 Å². The maximum absolute atomic E-state index is 12.4. The molecule has 2 aromatic rings. The van der Waals surface area contributed by atoms with E-state index >= 15 is 0 Å². The van der Waals surface area contributed by atoms with Gasteiger partial charge in [-0.25, -0.2) is 0 Å². The number of aromatic nitrogens is 3. The van der Waals surface area contributed by atoms with Gasteiger partial charge in [-0.05, 0) is 43.6 Å². The zero-order valence-electron chi connectivity index (χ0n) is 15.2. The Labute approximate surface area is 159 Å². The number of benzene rings is 1. The number of fused-ring (bicyclic) bond motifs is 2. The van der Waals surface area contributed by atoms with Crippen molar-refractivity contribution in [3.05, 3.63) is 41.7 Å². The zero-order chi connectivity index (χ0) is 17.9. The summed E-state index contributed by atoms with van der Waals surface area (Å²) in [6.07, 6.45) is 5.89. The molecule has 0 saturated heterocycles. The first-order valence-corrected chi connectivity index (χ1v) is 10.6. The van der Waals surface area contributed by atoms with Crippen LogP contribution in [0.5, 0.6) is 0 Å². The quantitative estimate of drug-likeness (QED) is 0.760. The number of hydrogen-bond donors (Lipinski definition) is 1. The van der Waals surface area contributed by atoms with Crippen LogP contribution >= 0.6 is 11.8 Å². The Morgan fingerprint density at radius 2 is 2.08 bits per heavy atom. The minimum absolute atomic E-state index is 0.128. The normalized spacial score (nSPS) is 24.1. The molecule has 1 aromatic heterocycles. The Morgan fingerprint density at radius 3 is 2.77 bits per heavy atom. The molecule has 0 spiro atoms. The van der Waals surface area contributed by atoms with Crippen LogP contribution in [0.25, 0.3) is 0 Å². The van der Waals surface area contributed by atoms with Crippen molar-refractivity contribution in [2.45, 2.75) is 56.8 Å². The fraction of sp³-hybridized carbons (Fsp3) is 0.550. The number of amides is 1. The lowest BCUT2D eigenvalue weighted by Crippen LogP contribution is -2.39.